The van der Waals surface area contributed by atoms with Gasteiger partial charge in [-0.05, 0) is 137 Å². The molecule has 0 radical (unpaired) electrons. The molecule has 2 aliphatic heterocycles. The molecule has 3 aromatic carbocycles. The molecule has 4 aromatic rings. The first-order chi connectivity index (χ1) is 23.5. The molecule has 7 heteroatoms. The van der Waals surface area contributed by atoms with Crippen LogP contribution >= 0.6 is 11.6 Å². The lowest BCUT2D eigenvalue weighted by Crippen LogP contribution is -2.20. The highest BCUT2D eigenvalue weighted by Crippen LogP contribution is 2.36. The number of halogens is 1. The molecule has 48 heavy (non-hydrogen) atoms. The first-order valence-corrected chi connectivity index (χ1v) is 17.9. The molecule has 0 amide bonds. The summed E-state index contributed by atoms with van der Waals surface area (Å²) in [5.74, 6) is 1.33. The van der Waals surface area contributed by atoms with Crippen molar-refractivity contribution in [1.82, 2.24) is 14.8 Å². The number of pyridine rings is 1. The average Bonchev–Trinajstić information content (AvgIpc) is 3.82. The highest BCUT2D eigenvalue weighted by atomic mass is 35.5. The van der Waals surface area contributed by atoms with Gasteiger partial charge in [0, 0.05) is 36.1 Å². The Labute approximate surface area is 291 Å². The SMILES string of the molecule is Cc1c(CCCCN2CCCC2)cccc1-c1cccc(COc2cc(OCc3cncc(C#N)c3)c(CN3CCCC3)cc2Cl)c1C. The molecule has 2 fully saturated rings. The van der Waals surface area contributed by atoms with E-state index in [1.807, 2.05) is 18.2 Å². The molecule has 0 atom stereocenters. The third kappa shape index (κ3) is 8.57. The standard InChI is InChI=1S/C41H47ClN4O2/c1-30-34(11-3-4-16-45-17-5-6-18-45)12-9-14-37(30)38-15-10-13-35(31(38)2)29-48-41-23-40(47-28-33-21-32(24-43)25-44-26-33)36(22-39(41)42)27-46-19-7-8-20-46/h9-10,12-15,21-23,25-26H,3-8,11,16-20,27-29H2,1-2H3. The van der Waals surface area contributed by atoms with E-state index in [9.17, 15) is 5.26 Å². The lowest BCUT2D eigenvalue weighted by atomic mass is 9.90. The number of aryl methyl sites for hydroxylation is 1. The Bertz CT molecular complexity index is 1740. The maximum absolute atomic E-state index is 9.30. The molecule has 0 bridgehead atoms. The molecule has 2 aliphatic rings. The smallest absolute Gasteiger partial charge is 0.142 e. The van der Waals surface area contributed by atoms with Gasteiger partial charge in [-0.3, -0.25) is 9.88 Å². The average molecular weight is 663 g/mol. The summed E-state index contributed by atoms with van der Waals surface area (Å²) >= 11 is 6.86. The van der Waals surface area contributed by atoms with Crippen molar-refractivity contribution in [1.29, 1.82) is 5.26 Å². The summed E-state index contributed by atoms with van der Waals surface area (Å²) in [6.45, 7) is 11.8. The quantitative estimate of drug-likeness (QED) is 0.126. The van der Waals surface area contributed by atoms with Gasteiger partial charge in [0.2, 0.25) is 0 Å². The minimum Gasteiger partial charge on any atom is -0.488 e. The second-order valence-electron chi connectivity index (χ2n) is 13.3. The van der Waals surface area contributed by atoms with Gasteiger partial charge in [0.05, 0.1) is 10.6 Å². The number of likely N-dealkylation sites (tertiary alicyclic amines) is 2. The molecule has 250 valence electrons. The van der Waals surface area contributed by atoms with Crippen molar-refractivity contribution in [2.45, 2.75) is 78.6 Å². The van der Waals surface area contributed by atoms with Gasteiger partial charge in [-0.1, -0.05) is 48.0 Å². The number of unbranched alkanes of at least 4 members (excludes halogenated alkanes) is 1. The largest absolute Gasteiger partial charge is 0.488 e. The zero-order valence-electron chi connectivity index (χ0n) is 28.4. The minimum atomic E-state index is 0.300. The summed E-state index contributed by atoms with van der Waals surface area (Å²) in [7, 11) is 0. The number of ether oxygens (including phenoxy) is 2. The highest BCUT2D eigenvalue weighted by Gasteiger charge is 2.19. The summed E-state index contributed by atoms with van der Waals surface area (Å²) in [5.41, 5.74) is 10.1. The van der Waals surface area contributed by atoms with Crippen LogP contribution in [-0.4, -0.2) is 47.5 Å². The Kier molecular flexibility index (Phi) is 11.7. The van der Waals surface area contributed by atoms with E-state index in [2.05, 4.69) is 71.1 Å². The zero-order chi connectivity index (χ0) is 33.3. The number of nitrogens with zero attached hydrogens (tertiary/aromatic N) is 4. The van der Waals surface area contributed by atoms with E-state index in [1.165, 1.54) is 86.0 Å². The molecule has 1 aromatic heterocycles. The molecular formula is C41H47ClN4O2. The van der Waals surface area contributed by atoms with Crippen LogP contribution in [0.5, 0.6) is 11.5 Å². The molecule has 0 N–H and O–H groups in total. The van der Waals surface area contributed by atoms with Crippen molar-refractivity contribution < 1.29 is 9.47 Å². The second kappa shape index (κ2) is 16.5. The van der Waals surface area contributed by atoms with Crippen molar-refractivity contribution in [3.63, 3.8) is 0 Å². The van der Waals surface area contributed by atoms with Gasteiger partial charge in [0.15, 0.2) is 0 Å². The first-order valence-electron chi connectivity index (χ1n) is 17.5. The number of hydrogen-bond acceptors (Lipinski definition) is 6. The number of rotatable bonds is 14. The fourth-order valence-corrected chi connectivity index (χ4v) is 7.35. The third-order valence-electron chi connectivity index (χ3n) is 9.96. The molecule has 0 aliphatic carbocycles. The van der Waals surface area contributed by atoms with Crippen molar-refractivity contribution in [2.75, 3.05) is 32.7 Å². The molecule has 3 heterocycles. The minimum absolute atomic E-state index is 0.300. The summed E-state index contributed by atoms with van der Waals surface area (Å²) in [5, 5.41) is 9.88. The summed E-state index contributed by atoms with van der Waals surface area (Å²) < 4.78 is 12.8. The lowest BCUT2D eigenvalue weighted by molar-refractivity contribution is 0.277. The van der Waals surface area contributed by atoms with Crippen LogP contribution in [-0.2, 0) is 26.2 Å². The molecule has 2 saturated heterocycles. The summed E-state index contributed by atoms with van der Waals surface area (Å²) in [4.78, 5) is 9.23. The van der Waals surface area contributed by atoms with Crippen LogP contribution in [0.2, 0.25) is 5.02 Å². The summed E-state index contributed by atoms with van der Waals surface area (Å²) in [6.07, 6.45) is 12.0. The van der Waals surface area contributed by atoms with E-state index in [0.717, 1.165) is 48.5 Å². The van der Waals surface area contributed by atoms with E-state index in [4.69, 9.17) is 21.1 Å². The monoisotopic (exact) mass is 662 g/mol. The van der Waals surface area contributed by atoms with Crippen molar-refractivity contribution in [3.05, 3.63) is 111 Å². The van der Waals surface area contributed by atoms with E-state index < -0.39 is 0 Å². The van der Waals surface area contributed by atoms with Crippen LogP contribution in [0.4, 0.5) is 0 Å². The van der Waals surface area contributed by atoms with Crippen molar-refractivity contribution in [3.8, 4) is 28.7 Å². The van der Waals surface area contributed by atoms with Crippen LogP contribution in [0.1, 0.15) is 77.5 Å². The van der Waals surface area contributed by atoms with Gasteiger partial charge >= 0.3 is 0 Å². The number of nitriles is 1. The van der Waals surface area contributed by atoms with Gasteiger partial charge in [0.1, 0.15) is 30.8 Å². The Morgan fingerprint density at radius 1 is 0.750 bits per heavy atom. The van der Waals surface area contributed by atoms with Gasteiger partial charge in [0.25, 0.3) is 0 Å². The van der Waals surface area contributed by atoms with Gasteiger partial charge in [-0.25, -0.2) is 0 Å². The molecule has 0 unspecified atom stereocenters. The lowest BCUT2D eigenvalue weighted by Gasteiger charge is -2.20. The zero-order valence-corrected chi connectivity index (χ0v) is 29.2. The Balaban J connectivity index is 1.16. The predicted molar refractivity (Wildman–Crippen MR) is 194 cm³/mol. The van der Waals surface area contributed by atoms with Gasteiger partial charge in [-0.15, -0.1) is 0 Å². The van der Waals surface area contributed by atoms with Gasteiger partial charge < -0.3 is 14.4 Å². The predicted octanol–water partition coefficient (Wildman–Crippen LogP) is 9.06. The second-order valence-corrected chi connectivity index (χ2v) is 13.7. The van der Waals surface area contributed by atoms with Crippen molar-refractivity contribution >= 4 is 11.6 Å². The fourth-order valence-electron chi connectivity index (χ4n) is 7.11. The van der Waals surface area contributed by atoms with E-state index in [-0.39, 0.29) is 0 Å². The highest BCUT2D eigenvalue weighted by molar-refractivity contribution is 6.32. The van der Waals surface area contributed by atoms with E-state index in [0.29, 0.717) is 29.5 Å². The normalized spacial score (nSPS) is 15.1. The van der Waals surface area contributed by atoms with Gasteiger partial charge in [-0.2, -0.15) is 5.26 Å². The van der Waals surface area contributed by atoms with Crippen LogP contribution < -0.4 is 9.47 Å². The van der Waals surface area contributed by atoms with E-state index in [1.54, 1.807) is 12.4 Å². The molecule has 6 nitrogen and oxygen atoms in total. The molecular weight excluding hydrogens is 616 g/mol. The topological polar surface area (TPSA) is 61.6 Å². The third-order valence-corrected chi connectivity index (χ3v) is 10.3. The van der Waals surface area contributed by atoms with Crippen LogP contribution in [0.25, 0.3) is 11.1 Å². The Morgan fingerprint density at radius 2 is 1.42 bits per heavy atom. The van der Waals surface area contributed by atoms with Crippen LogP contribution in [0, 0.1) is 25.2 Å². The molecule has 0 spiro atoms. The van der Waals surface area contributed by atoms with Crippen LogP contribution in [0.3, 0.4) is 0 Å². The number of hydrogen-bond donors (Lipinski definition) is 0. The van der Waals surface area contributed by atoms with Crippen LogP contribution in [0.15, 0.2) is 67.0 Å². The maximum atomic E-state index is 9.30. The first kappa shape index (κ1) is 34.0. The maximum Gasteiger partial charge on any atom is 0.142 e. The number of aromatic nitrogens is 1. The number of benzene rings is 3. The Morgan fingerprint density at radius 3 is 2.15 bits per heavy atom. The van der Waals surface area contributed by atoms with E-state index >= 15 is 0 Å². The molecule has 6 rings (SSSR count). The fraction of sp³-hybridized carbons (Fsp3) is 0.415. The summed E-state index contributed by atoms with van der Waals surface area (Å²) in [6, 6.07) is 21.1. The van der Waals surface area contributed by atoms with Crippen molar-refractivity contribution in [2.24, 2.45) is 0 Å². The Hall–Kier alpha value is -3.89. The molecule has 0 saturated carbocycles.